The molecule has 1 aromatic carbocycles. The van der Waals surface area contributed by atoms with Crippen LogP contribution in [0.5, 0.6) is 0 Å². The molecule has 0 aliphatic carbocycles. The van der Waals surface area contributed by atoms with Gasteiger partial charge in [-0.2, -0.15) is 22.6 Å². The molecule has 1 atom stereocenters. The average molecular weight is 729 g/mol. The van der Waals surface area contributed by atoms with E-state index in [-0.39, 0.29) is 42.6 Å². The minimum Gasteiger partial charge on any atom is -0.393 e. The number of β-amino-alcohol motifs (C(OH)–C–C–N with tert-alkyl or cyclic N) is 1. The largest absolute Gasteiger partial charge is 0.417 e. The topological polar surface area (TPSA) is 122 Å². The van der Waals surface area contributed by atoms with Crippen molar-refractivity contribution in [1.82, 2.24) is 28.8 Å². The lowest BCUT2D eigenvalue weighted by atomic mass is 10.0. The zero-order valence-electron chi connectivity index (χ0n) is 27.9. The summed E-state index contributed by atoms with van der Waals surface area (Å²) in [6.45, 7) is 5.24. The summed E-state index contributed by atoms with van der Waals surface area (Å²) >= 11 is 1.13. The van der Waals surface area contributed by atoms with E-state index in [1.807, 2.05) is 4.90 Å². The molecule has 16 heteroatoms. The number of aliphatic hydroxyl groups is 2. The van der Waals surface area contributed by atoms with Crippen molar-refractivity contribution < 1.29 is 36.6 Å². The van der Waals surface area contributed by atoms with E-state index < -0.39 is 27.9 Å². The van der Waals surface area contributed by atoms with Crippen molar-refractivity contribution in [3.63, 3.8) is 0 Å². The van der Waals surface area contributed by atoms with Gasteiger partial charge >= 0.3 is 6.18 Å². The lowest BCUT2D eigenvalue weighted by Crippen LogP contribution is -2.47. The zero-order chi connectivity index (χ0) is 34.9. The van der Waals surface area contributed by atoms with Crippen LogP contribution in [0, 0.1) is 0 Å². The molecule has 4 aliphatic heterocycles. The van der Waals surface area contributed by atoms with Crippen LogP contribution in [0.4, 0.5) is 13.2 Å². The normalized spacial score (nSPS) is 21.8. The number of nitrogens with zero attached hydrogens (tertiary/aromatic N) is 6. The van der Waals surface area contributed by atoms with E-state index in [1.54, 1.807) is 4.68 Å². The van der Waals surface area contributed by atoms with E-state index in [4.69, 9.17) is 5.10 Å². The van der Waals surface area contributed by atoms with E-state index in [0.717, 1.165) is 68.7 Å². The lowest BCUT2D eigenvalue weighted by molar-refractivity contribution is -0.139. The number of hydrogen-bond acceptors (Lipinski definition) is 9. The minimum absolute atomic E-state index is 0.0483. The number of alkyl halides is 3. The Labute approximate surface area is 290 Å². The van der Waals surface area contributed by atoms with E-state index in [9.17, 15) is 36.6 Å². The molecule has 2 aromatic rings. The summed E-state index contributed by atoms with van der Waals surface area (Å²) in [5, 5.41) is 25.8. The summed E-state index contributed by atoms with van der Waals surface area (Å²) in [7, 11) is -3.53. The van der Waals surface area contributed by atoms with Crippen molar-refractivity contribution in [1.29, 1.82) is 0 Å². The number of aromatic nitrogens is 2. The van der Waals surface area contributed by atoms with Gasteiger partial charge in [-0.25, -0.2) is 8.42 Å². The van der Waals surface area contributed by atoms with Gasteiger partial charge in [-0.1, -0.05) is 6.07 Å². The molecule has 5 heterocycles. The quantitative estimate of drug-likeness (QED) is 0.337. The number of piperidine rings is 2. The molecule has 49 heavy (non-hydrogen) atoms. The highest BCUT2D eigenvalue weighted by Crippen LogP contribution is 2.40. The maximum absolute atomic E-state index is 14.1. The third-order valence-corrected chi connectivity index (χ3v) is 12.6. The van der Waals surface area contributed by atoms with Gasteiger partial charge < -0.3 is 24.9 Å². The number of carbonyl (C=O) groups excluding carboxylic acids is 1. The third-order valence-electron chi connectivity index (χ3n) is 10.3. The Bertz CT molecular complexity index is 1590. The molecule has 1 aromatic heterocycles. The SMILES string of the molecule is CS(=O)(=O)N1CCc2c(c(-c3ccc(C(F)(F)F)c(SCCN4CCC(O)CC4)c3)nn2CC(O)CN2CCC(N3CCCC3=O)CC2)C1. The molecule has 4 aliphatic rings. The molecule has 1 amide bonds. The predicted molar refractivity (Wildman–Crippen MR) is 180 cm³/mol. The number of sulfonamides is 1. The monoisotopic (exact) mass is 728 g/mol. The molecule has 2 N–H and O–H groups in total. The smallest absolute Gasteiger partial charge is 0.393 e. The summed E-state index contributed by atoms with van der Waals surface area (Å²) in [4.78, 5) is 18.6. The van der Waals surface area contributed by atoms with Crippen LogP contribution in [0.25, 0.3) is 11.3 Å². The number of thioether (sulfide) groups is 1. The van der Waals surface area contributed by atoms with Gasteiger partial charge in [0.2, 0.25) is 15.9 Å². The predicted octanol–water partition coefficient (Wildman–Crippen LogP) is 2.88. The van der Waals surface area contributed by atoms with Gasteiger partial charge in [0, 0.05) is 105 Å². The molecule has 0 bridgehead atoms. The number of rotatable bonds is 11. The van der Waals surface area contributed by atoms with Crippen molar-refractivity contribution in [3.8, 4) is 11.3 Å². The fourth-order valence-corrected chi connectivity index (χ4v) is 9.51. The second-order valence-electron chi connectivity index (χ2n) is 13.8. The summed E-state index contributed by atoms with van der Waals surface area (Å²) in [5.41, 5.74) is 1.58. The average Bonchev–Trinajstić information content (AvgIpc) is 3.64. The first-order valence-electron chi connectivity index (χ1n) is 17.2. The summed E-state index contributed by atoms with van der Waals surface area (Å²) in [6, 6.07) is 4.22. The number of likely N-dealkylation sites (tertiary alicyclic amines) is 3. The first-order valence-corrected chi connectivity index (χ1v) is 20.1. The van der Waals surface area contributed by atoms with E-state index in [2.05, 4.69) is 9.80 Å². The summed E-state index contributed by atoms with van der Waals surface area (Å²) in [5.74, 6) is 0.666. The Balaban J connectivity index is 1.20. The third kappa shape index (κ3) is 8.82. The maximum atomic E-state index is 14.1. The van der Waals surface area contributed by atoms with Gasteiger partial charge in [0.1, 0.15) is 0 Å². The fraction of sp³-hybridized carbons (Fsp3) is 0.697. The van der Waals surface area contributed by atoms with Crippen molar-refractivity contribution >= 4 is 27.7 Å². The Morgan fingerprint density at radius 3 is 2.37 bits per heavy atom. The maximum Gasteiger partial charge on any atom is 0.417 e. The van der Waals surface area contributed by atoms with Crippen LogP contribution >= 0.6 is 11.8 Å². The molecule has 272 valence electrons. The van der Waals surface area contributed by atoms with Crippen molar-refractivity contribution in [3.05, 3.63) is 35.0 Å². The van der Waals surface area contributed by atoms with Gasteiger partial charge in [0.05, 0.1) is 36.3 Å². The zero-order valence-corrected chi connectivity index (χ0v) is 29.6. The highest BCUT2D eigenvalue weighted by Gasteiger charge is 2.36. The molecule has 0 radical (unpaired) electrons. The van der Waals surface area contributed by atoms with Gasteiger partial charge in [-0.15, -0.1) is 11.8 Å². The molecular formula is C33H47F3N6O5S2. The van der Waals surface area contributed by atoms with Crippen LogP contribution in [0.15, 0.2) is 23.1 Å². The molecular weight excluding hydrogens is 682 g/mol. The molecule has 0 saturated carbocycles. The summed E-state index contributed by atoms with van der Waals surface area (Å²) < 4.78 is 70.5. The second-order valence-corrected chi connectivity index (χ2v) is 16.9. The minimum atomic E-state index is -4.55. The number of aliphatic hydroxyl groups excluding tert-OH is 2. The van der Waals surface area contributed by atoms with E-state index in [1.165, 1.54) is 16.4 Å². The van der Waals surface area contributed by atoms with Gasteiger partial charge in [-0.05, 0) is 44.2 Å². The van der Waals surface area contributed by atoms with Gasteiger partial charge in [0.25, 0.3) is 0 Å². The molecule has 1 unspecified atom stereocenters. The van der Waals surface area contributed by atoms with E-state index in [0.29, 0.717) is 74.4 Å². The Morgan fingerprint density at radius 1 is 1.00 bits per heavy atom. The van der Waals surface area contributed by atoms with Crippen molar-refractivity contribution in [2.24, 2.45) is 0 Å². The summed E-state index contributed by atoms with van der Waals surface area (Å²) in [6.07, 6.45) is 0.410. The molecule has 3 fully saturated rings. The number of benzene rings is 1. The number of hydrogen-bond donors (Lipinski definition) is 2. The van der Waals surface area contributed by atoms with Crippen LogP contribution in [0.2, 0.25) is 0 Å². The Kier molecular flexibility index (Phi) is 11.3. The molecule has 11 nitrogen and oxygen atoms in total. The number of carbonyl (C=O) groups is 1. The number of fused-ring (bicyclic) bond motifs is 1. The van der Waals surface area contributed by atoms with Gasteiger partial charge in [0.15, 0.2) is 0 Å². The van der Waals surface area contributed by atoms with Crippen LogP contribution in [-0.4, -0.2) is 136 Å². The lowest BCUT2D eigenvalue weighted by Gasteiger charge is -2.37. The van der Waals surface area contributed by atoms with Crippen LogP contribution in [0.3, 0.4) is 0 Å². The highest BCUT2D eigenvalue weighted by molar-refractivity contribution is 7.99. The first kappa shape index (κ1) is 36.6. The van der Waals surface area contributed by atoms with Crippen LogP contribution in [-0.2, 0) is 40.5 Å². The highest BCUT2D eigenvalue weighted by atomic mass is 32.2. The Hall–Kier alpha value is -2.21. The van der Waals surface area contributed by atoms with Crippen LogP contribution in [0.1, 0.15) is 55.3 Å². The van der Waals surface area contributed by atoms with E-state index >= 15 is 0 Å². The van der Waals surface area contributed by atoms with Crippen molar-refractivity contribution in [2.45, 2.75) is 87.4 Å². The fourth-order valence-electron chi connectivity index (χ4n) is 7.61. The molecule has 0 spiro atoms. The molecule has 6 rings (SSSR count). The van der Waals surface area contributed by atoms with Crippen molar-refractivity contribution in [2.75, 3.05) is 64.4 Å². The van der Waals surface area contributed by atoms with Gasteiger partial charge in [-0.3, -0.25) is 9.48 Å². The standard InChI is InChI=1S/C33H47F3N6O5S2/c1-49(46,47)40-16-10-29-27(22-40)32(37-42(29)21-26(44)20-39-12-6-24(7-13-39)41-11-2-3-31(41)45)23-4-5-28(33(34,35)36)30(19-23)48-18-17-38-14-8-25(43)9-15-38/h4-5,19,24-26,43-44H,2-3,6-18,20-22H2,1H3. The Morgan fingerprint density at radius 2 is 1.71 bits per heavy atom. The number of amides is 1. The second kappa shape index (κ2) is 15.2. The number of halogens is 3. The molecule has 3 saturated heterocycles. The first-order chi connectivity index (χ1) is 23.3. The van der Waals surface area contributed by atoms with Crippen LogP contribution < -0.4 is 0 Å².